The number of carbonyl (C=O) groups excluding carboxylic acids is 4. The van der Waals surface area contributed by atoms with Gasteiger partial charge in [0.2, 0.25) is 11.8 Å². The summed E-state index contributed by atoms with van der Waals surface area (Å²) in [6.45, 7) is 8.93. The smallest absolute Gasteiger partial charge is 0.319 e. The topological polar surface area (TPSA) is 223 Å². The highest BCUT2D eigenvalue weighted by Crippen LogP contribution is 2.51. The number of aliphatic hydroxyl groups excluding tert-OH is 1. The van der Waals surface area contributed by atoms with Gasteiger partial charge in [0, 0.05) is 114 Å². The Bertz CT molecular complexity index is 2490. The molecule has 3 saturated carbocycles. The van der Waals surface area contributed by atoms with Crippen LogP contribution in [0.4, 0.5) is 32.6 Å². The van der Waals surface area contributed by atoms with Gasteiger partial charge >= 0.3 is 12.1 Å². The third kappa shape index (κ3) is 11.4. The van der Waals surface area contributed by atoms with Crippen molar-refractivity contribution in [1.82, 2.24) is 45.3 Å². The molecule has 3 aliphatic heterocycles. The highest BCUT2D eigenvalue weighted by Gasteiger charge is 2.55. The van der Waals surface area contributed by atoms with Gasteiger partial charge in [-0.3, -0.25) is 9.59 Å². The van der Waals surface area contributed by atoms with E-state index in [0.29, 0.717) is 49.8 Å². The van der Waals surface area contributed by atoms with E-state index in [1.165, 1.54) is 0 Å². The predicted molar refractivity (Wildman–Crippen MR) is 265 cm³/mol. The van der Waals surface area contributed by atoms with Gasteiger partial charge in [0.05, 0.1) is 55.3 Å². The summed E-state index contributed by atoms with van der Waals surface area (Å²) in [7, 11) is 5.64. The SMILES string of the molecule is CN(C)C(=O)C1(c2cc(N3CCOCC3)nc(-c3ccc(NC(=O)NCCO)cc3)n2)CC1.CN1CCN(C(=O)C2(c3cc(N4CCOCC4)nc(-c4ccc(NC(=O)NC5CC5)cc4)n3)CC2)CC1. The van der Waals surface area contributed by atoms with Crippen LogP contribution < -0.4 is 31.1 Å². The second kappa shape index (κ2) is 21.3. The summed E-state index contributed by atoms with van der Waals surface area (Å²) in [4.78, 5) is 80.4. The van der Waals surface area contributed by atoms with Gasteiger partial charge in [0.15, 0.2) is 11.6 Å². The maximum atomic E-state index is 13.7. The van der Waals surface area contributed by atoms with E-state index >= 15 is 0 Å². The lowest BCUT2D eigenvalue weighted by Gasteiger charge is -2.35. The second-order valence-electron chi connectivity index (χ2n) is 19.2. The molecule has 0 spiro atoms. The fourth-order valence-corrected chi connectivity index (χ4v) is 9.01. The number of aromatic nitrogens is 4. The third-order valence-corrected chi connectivity index (χ3v) is 13.7. The molecule has 0 atom stereocenters. The average molecular weight is 960 g/mol. The standard InChI is InChI=1S/C27H35N7O3.C23H30N6O4/c1-32-10-12-34(13-11-32)25(35)27(8-9-27)22-18-23(33-14-16-37-17-15-33)31-24(30-22)19-2-4-20(5-3-19)28-26(36)29-21-6-7-21;1-28(2)21(31)23(7-8-23)18-15-19(29-10-13-33-14-11-29)27-20(26-18)16-3-5-17(6-4-16)25-22(32)24-9-12-30/h2-5,18,21H,6-17H2,1H3,(H2,28,29,36);3-6,15,30H,7-14H2,1-2H3,(H2,24,25,32). The van der Waals surface area contributed by atoms with Crippen LogP contribution in [-0.2, 0) is 29.9 Å². The zero-order valence-electron chi connectivity index (χ0n) is 40.4. The fourth-order valence-electron chi connectivity index (χ4n) is 9.01. The molecule has 3 saturated heterocycles. The number of hydrogen-bond acceptors (Lipinski definition) is 14. The first-order valence-corrected chi connectivity index (χ1v) is 24.5. The number of nitrogens with one attached hydrogen (secondary N) is 4. The number of hydrogen-bond donors (Lipinski definition) is 5. The van der Waals surface area contributed by atoms with Gasteiger partial charge in [-0.25, -0.2) is 29.5 Å². The van der Waals surface area contributed by atoms with Gasteiger partial charge in [-0.1, -0.05) is 0 Å². The summed E-state index contributed by atoms with van der Waals surface area (Å²) >= 11 is 0. The van der Waals surface area contributed by atoms with E-state index in [9.17, 15) is 19.2 Å². The average Bonchev–Trinajstić information content (AvgIpc) is 4.26. The number of piperazine rings is 1. The van der Waals surface area contributed by atoms with Crippen molar-refractivity contribution in [2.75, 3.05) is 134 Å². The number of ether oxygens (including phenoxy) is 2. The van der Waals surface area contributed by atoms with E-state index < -0.39 is 10.8 Å². The van der Waals surface area contributed by atoms with Gasteiger partial charge in [0.25, 0.3) is 0 Å². The summed E-state index contributed by atoms with van der Waals surface area (Å²) < 4.78 is 11.0. The van der Waals surface area contributed by atoms with Crippen molar-refractivity contribution in [3.63, 3.8) is 0 Å². The van der Waals surface area contributed by atoms with Gasteiger partial charge < -0.3 is 60.3 Å². The molecule has 4 aromatic rings. The normalized spacial score (nSPS) is 19.2. The first-order chi connectivity index (χ1) is 33.9. The van der Waals surface area contributed by atoms with Crippen molar-refractivity contribution in [2.24, 2.45) is 0 Å². The molecule has 5 heterocycles. The van der Waals surface area contributed by atoms with Crippen LogP contribution in [0.15, 0.2) is 60.7 Å². The summed E-state index contributed by atoms with van der Waals surface area (Å²) in [5.74, 6) is 3.04. The highest BCUT2D eigenvalue weighted by molar-refractivity contribution is 5.93. The molecule has 20 nitrogen and oxygen atoms in total. The molecule has 0 unspecified atom stereocenters. The zero-order valence-corrected chi connectivity index (χ0v) is 40.4. The van der Waals surface area contributed by atoms with Crippen molar-refractivity contribution >= 4 is 46.9 Å². The molecule has 70 heavy (non-hydrogen) atoms. The summed E-state index contributed by atoms with van der Waals surface area (Å²) in [5.41, 5.74) is 3.39. The van der Waals surface area contributed by atoms with Crippen LogP contribution in [0, 0.1) is 0 Å². The van der Waals surface area contributed by atoms with Crippen LogP contribution in [0.1, 0.15) is 49.9 Å². The van der Waals surface area contributed by atoms with E-state index in [-0.39, 0.29) is 37.0 Å². The predicted octanol–water partition coefficient (Wildman–Crippen LogP) is 3.28. The van der Waals surface area contributed by atoms with Gasteiger partial charge in [0.1, 0.15) is 11.6 Å². The van der Waals surface area contributed by atoms with Crippen molar-refractivity contribution in [1.29, 1.82) is 0 Å². The number of aliphatic hydroxyl groups is 1. The molecule has 20 heteroatoms. The van der Waals surface area contributed by atoms with E-state index in [4.69, 9.17) is 34.5 Å². The molecule has 10 rings (SSSR count). The number of nitrogens with zero attached hydrogens (tertiary/aromatic N) is 9. The fraction of sp³-hybridized carbons (Fsp3) is 0.520. The Balaban J connectivity index is 0.000000175. The quantitative estimate of drug-likeness (QED) is 0.130. The molecular formula is C50H65N13O7. The maximum Gasteiger partial charge on any atom is 0.319 e. The number of rotatable bonds is 13. The lowest BCUT2D eigenvalue weighted by atomic mass is 9.98. The first kappa shape index (κ1) is 48.5. The second-order valence-corrected chi connectivity index (χ2v) is 19.2. The van der Waals surface area contributed by atoms with Gasteiger partial charge in [-0.15, -0.1) is 0 Å². The molecule has 6 amide bonds. The molecule has 372 valence electrons. The van der Waals surface area contributed by atoms with Crippen LogP contribution in [0.2, 0.25) is 0 Å². The minimum atomic E-state index is -0.589. The Morgan fingerprint density at radius 1 is 0.657 bits per heavy atom. The maximum absolute atomic E-state index is 13.7. The number of urea groups is 2. The van der Waals surface area contributed by atoms with E-state index in [2.05, 4.69) is 43.0 Å². The number of benzene rings is 2. The monoisotopic (exact) mass is 960 g/mol. The molecule has 0 bridgehead atoms. The number of amides is 6. The van der Waals surface area contributed by atoms with E-state index in [0.717, 1.165) is 131 Å². The molecule has 6 aliphatic rings. The third-order valence-electron chi connectivity index (χ3n) is 13.7. The minimum Gasteiger partial charge on any atom is -0.395 e. The molecule has 3 aliphatic carbocycles. The molecule has 2 aromatic carbocycles. The van der Waals surface area contributed by atoms with Gasteiger partial charge in [-0.05, 0) is 94.1 Å². The summed E-state index contributed by atoms with van der Waals surface area (Å²) in [6, 6.07) is 18.5. The lowest BCUT2D eigenvalue weighted by Crippen LogP contribution is -2.50. The molecule has 5 N–H and O–H groups in total. The number of likely N-dealkylation sites (N-methyl/N-ethyl adjacent to an activating group) is 2. The first-order valence-electron chi connectivity index (χ1n) is 24.5. The Kier molecular flexibility index (Phi) is 14.7. The lowest BCUT2D eigenvalue weighted by molar-refractivity contribution is -0.135. The number of morpholine rings is 2. The van der Waals surface area contributed by atoms with Crippen LogP contribution >= 0.6 is 0 Å². The Morgan fingerprint density at radius 2 is 1.13 bits per heavy atom. The van der Waals surface area contributed by atoms with Crippen molar-refractivity contribution in [2.45, 2.75) is 55.4 Å². The Labute approximate surface area is 408 Å². The highest BCUT2D eigenvalue weighted by atomic mass is 16.5. The Hall–Kier alpha value is -6.48. The van der Waals surface area contributed by atoms with Gasteiger partial charge in [-0.2, -0.15) is 0 Å². The molecule has 2 aromatic heterocycles. The number of anilines is 4. The van der Waals surface area contributed by atoms with E-state index in [1.807, 2.05) is 53.4 Å². The van der Waals surface area contributed by atoms with Crippen molar-refractivity contribution in [3.8, 4) is 22.8 Å². The zero-order chi connectivity index (χ0) is 48.8. The van der Waals surface area contributed by atoms with Crippen LogP contribution in [0.5, 0.6) is 0 Å². The summed E-state index contributed by atoms with van der Waals surface area (Å²) in [5, 5.41) is 19.9. The van der Waals surface area contributed by atoms with Crippen LogP contribution in [-0.4, -0.2) is 183 Å². The van der Waals surface area contributed by atoms with Crippen LogP contribution in [0.3, 0.4) is 0 Å². The van der Waals surface area contributed by atoms with Crippen molar-refractivity contribution < 1.29 is 33.8 Å². The Morgan fingerprint density at radius 3 is 1.57 bits per heavy atom. The van der Waals surface area contributed by atoms with E-state index in [1.54, 1.807) is 31.1 Å². The van der Waals surface area contributed by atoms with Crippen LogP contribution in [0.25, 0.3) is 22.8 Å². The largest absolute Gasteiger partial charge is 0.395 e. The molecular weight excluding hydrogens is 895 g/mol. The number of carbonyl (C=O) groups is 4. The summed E-state index contributed by atoms with van der Waals surface area (Å²) in [6.07, 6.45) is 5.27. The molecule has 0 radical (unpaired) electrons. The minimum absolute atomic E-state index is 0.0634. The van der Waals surface area contributed by atoms with Crippen molar-refractivity contribution in [3.05, 3.63) is 72.1 Å². The molecule has 6 fully saturated rings.